The van der Waals surface area contributed by atoms with Gasteiger partial charge in [0.1, 0.15) is 0 Å². The SMILES string of the molecule is Cn1cc(OCCC(=O)N2CCNCC2)cn1. The topological polar surface area (TPSA) is 59.4 Å². The average Bonchev–Trinajstić information content (AvgIpc) is 2.76. The maximum Gasteiger partial charge on any atom is 0.226 e. The van der Waals surface area contributed by atoms with E-state index in [1.54, 1.807) is 17.1 Å². The fraction of sp³-hybridized carbons (Fsp3) is 0.636. The van der Waals surface area contributed by atoms with Crippen LogP contribution in [-0.2, 0) is 11.8 Å². The minimum atomic E-state index is 0.162. The van der Waals surface area contributed by atoms with Crippen LogP contribution >= 0.6 is 0 Å². The van der Waals surface area contributed by atoms with Crippen LogP contribution in [0.5, 0.6) is 5.75 Å². The first-order chi connectivity index (χ1) is 8.25. The molecule has 1 amide bonds. The average molecular weight is 238 g/mol. The number of carbonyl (C=O) groups excluding carboxylic acids is 1. The van der Waals surface area contributed by atoms with Gasteiger partial charge < -0.3 is 15.0 Å². The van der Waals surface area contributed by atoms with Gasteiger partial charge in [0.25, 0.3) is 0 Å². The summed E-state index contributed by atoms with van der Waals surface area (Å²) in [6.07, 6.45) is 3.86. The Balaban J connectivity index is 1.69. The summed E-state index contributed by atoms with van der Waals surface area (Å²) in [6.45, 7) is 3.77. The van der Waals surface area contributed by atoms with Crippen molar-refractivity contribution in [1.82, 2.24) is 20.0 Å². The maximum absolute atomic E-state index is 11.8. The molecular formula is C11H18N4O2. The number of ether oxygens (including phenoxy) is 1. The number of nitrogens with one attached hydrogen (secondary N) is 1. The van der Waals surface area contributed by atoms with Crippen molar-refractivity contribution in [3.05, 3.63) is 12.4 Å². The lowest BCUT2D eigenvalue weighted by Crippen LogP contribution is -2.46. The number of aryl methyl sites for hydroxylation is 1. The molecule has 1 aliphatic heterocycles. The number of piperazine rings is 1. The van der Waals surface area contributed by atoms with Crippen LogP contribution in [0.15, 0.2) is 12.4 Å². The summed E-state index contributed by atoms with van der Waals surface area (Å²) in [4.78, 5) is 13.7. The number of carbonyl (C=O) groups is 1. The number of amides is 1. The normalized spacial score (nSPS) is 15.9. The van der Waals surface area contributed by atoms with E-state index < -0.39 is 0 Å². The molecule has 0 aromatic carbocycles. The van der Waals surface area contributed by atoms with Crippen molar-refractivity contribution < 1.29 is 9.53 Å². The van der Waals surface area contributed by atoms with E-state index in [2.05, 4.69) is 10.4 Å². The van der Waals surface area contributed by atoms with E-state index in [0.717, 1.165) is 26.2 Å². The first-order valence-electron chi connectivity index (χ1n) is 5.85. The lowest BCUT2D eigenvalue weighted by molar-refractivity contribution is -0.132. The highest BCUT2D eigenvalue weighted by molar-refractivity contribution is 5.76. The molecule has 0 atom stereocenters. The van der Waals surface area contributed by atoms with Gasteiger partial charge in [-0.25, -0.2) is 0 Å². The van der Waals surface area contributed by atoms with Crippen LogP contribution in [0.2, 0.25) is 0 Å². The van der Waals surface area contributed by atoms with E-state index in [0.29, 0.717) is 18.8 Å². The van der Waals surface area contributed by atoms with E-state index in [1.165, 1.54) is 0 Å². The molecular weight excluding hydrogens is 220 g/mol. The summed E-state index contributed by atoms with van der Waals surface area (Å²) in [5.41, 5.74) is 0. The van der Waals surface area contributed by atoms with Gasteiger partial charge in [-0.3, -0.25) is 9.48 Å². The molecule has 1 aromatic heterocycles. The van der Waals surface area contributed by atoms with Crippen LogP contribution in [0.3, 0.4) is 0 Å². The third-order valence-electron chi connectivity index (χ3n) is 2.74. The minimum Gasteiger partial charge on any atom is -0.490 e. The molecule has 1 fully saturated rings. The summed E-state index contributed by atoms with van der Waals surface area (Å²) < 4.78 is 7.12. The maximum atomic E-state index is 11.8. The molecule has 1 aromatic rings. The Morgan fingerprint density at radius 2 is 2.29 bits per heavy atom. The Labute approximate surface area is 101 Å². The van der Waals surface area contributed by atoms with Crippen LogP contribution in [-0.4, -0.2) is 53.4 Å². The Bertz CT molecular complexity index is 371. The van der Waals surface area contributed by atoms with E-state index in [1.807, 2.05) is 11.9 Å². The fourth-order valence-corrected chi connectivity index (χ4v) is 1.80. The van der Waals surface area contributed by atoms with Gasteiger partial charge >= 0.3 is 0 Å². The van der Waals surface area contributed by atoms with E-state index in [4.69, 9.17) is 4.74 Å². The van der Waals surface area contributed by atoms with Crippen molar-refractivity contribution in [2.45, 2.75) is 6.42 Å². The molecule has 0 aliphatic carbocycles. The molecule has 0 unspecified atom stereocenters. The molecule has 94 valence electrons. The fourth-order valence-electron chi connectivity index (χ4n) is 1.80. The van der Waals surface area contributed by atoms with Gasteiger partial charge in [-0.05, 0) is 0 Å². The summed E-state index contributed by atoms with van der Waals surface area (Å²) in [5.74, 6) is 0.871. The molecule has 2 rings (SSSR count). The second kappa shape index (κ2) is 5.67. The molecule has 1 aliphatic rings. The van der Waals surface area contributed by atoms with Gasteiger partial charge in [-0.15, -0.1) is 0 Å². The van der Waals surface area contributed by atoms with Crippen molar-refractivity contribution in [3.8, 4) is 5.75 Å². The van der Waals surface area contributed by atoms with Crippen molar-refractivity contribution in [2.75, 3.05) is 32.8 Å². The Hall–Kier alpha value is -1.56. The molecule has 0 radical (unpaired) electrons. The van der Waals surface area contributed by atoms with Gasteiger partial charge in [0.05, 0.1) is 25.4 Å². The summed E-state index contributed by atoms with van der Waals surface area (Å²) in [5, 5.41) is 7.21. The van der Waals surface area contributed by atoms with Crippen molar-refractivity contribution >= 4 is 5.91 Å². The highest BCUT2D eigenvalue weighted by Gasteiger charge is 2.15. The van der Waals surface area contributed by atoms with Gasteiger partial charge in [0, 0.05) is 33.2 Å². The van der Waals surface area contributed by atoms with Crippen LogP contribution < -0.4 is 10.1 Å². The molecule has 0 bridgehead atoms. The predicted octanol–water partition coefficient (Wildman–Crippen LogP) is -0.379. The van der Waals surface area contributed by atoms with E-state index in [9.17, 15) is 4.79 Å². The highest BCUT2D eigenvalue weighted by Crippen LogP contribution is 2.07. The second-order valence-electron chi connectivity index (χ2n) is 4.08. The smallest absolute Gasteiger partial charge is 0.226 e. The molecule has 6 nitrogen and oxygen atoms in total. The monoisotopic (exact) mass is 238 g/mol. The van der Waals surface area contributed by atoms with Crippen LogP contribution in [0.1, 0.15) is 6.42 Å². The van der Waals surface area contributed by atoms with Crippen LogP contribution in [0, 0.1) is 0 Å². The van der Waals surface area contributed by atoms with E-state index in [-0.39, 0.29) is 5.91 Å². The van der Waals surface area contributed by atoms with Crippen molar-refractivity contribution in [3.63, 3.8) is 0 Å². The number of hydrogen-bond donors (Lipinski definition) is 1. The summed E-state index contributed by atoms with van der Waals surface area (Å²) in [7, 11) is 1.83. The zero-order valence-electron chi connectivity index (χ0n) is 10.1. The van der Waals surface area contributed by atoms with Crippen molar-refractivity contribution in [2.24, 2.45) is 7.05 Å². The quantitative estimate of drug-likeness (QED) is 0.777. The minimum absolute atomic E-state index is 0.162. The van der Waals surface area contributed by atoms with Gasteiger partial charge in [0.15, 0.2) is 5.75 Å². The van der Waals surface area contributed by atoms with Gasteiger partial charge in [-0.1, -0.05) is 0 Å². The molecule has 17 heavy (non-hydrogen) atoms. The lowest BCUT2D eigenvalue weighted by atomic mass is 10.3. The Morgan fingerprint density at radius 3 is 2.94 bits per heavy atom. The molecule has 0 spiro atoms. The third kappa shape index (κ3) is 3.45. The van der Waals surface area contributed by atoms with Crippen molar-refractivity contribution in [1.29, 1.82) is 0 Å². The first kappa shape index (κ1) is 11.9. The van der Waals surface area contributed by atoms with Crippen LogP contribution in [0.25, 0.3) is 0 Å². The number of hydrogen-bond acceptors (Lipinski definition) is 4. The Kier molecular flexibility index (Phi) is 3.98. The molecule has 0 saturated carbocycles. The van der Waals surface area contributed by atoms with E-state index >= 15 is 0 Å². The highest BCUT2D eigenvalue weighted by atomic mass is 16.5. The lowest BCUT2D eigenvalue weighted by Gasteiger charge is -2.27. The molecule has 6 heteroatoms. The van der Waals surface area contributed by atoms with Gasteiger partial charge in [-0.2, -0.15) is 5.10 Å². The summed E-state index contributed by atoms with van der Waals surface area (Å²) in [6, 6.07) is 0. The third-order valence-corrected chi connectivity index (χ3v) is 2.74. The van der Waals surface area contributed by atoms with Gasteiger partial charge in [0.2, 0.25) is 5.91 Å². The second-order valence-corrected chi connectivity index (χ2v) is 4.08. The molecule has 1 N–H and O–H groups in total. The standard InChI is InChI=1S/C11H18N4O2/c1-14-9-10(8-13-14)17-7-2-11(16)15-5-3-12-4-6-15/h8-9,12H,2-7H2,1H3. The zero-order valence-corrected chi connectivity index (χ0v) is 10.1. The first-order valence-corrected chi connectivity index (χ1v) is 5.85. The largest absolute Gasteiger partial charge is 0.490 e. The number of aromatic nitrogens is 2. The molecule has 1 saturated heterocycles. The number of rotatable bonds is 4. The van der Waals surface area contributed by atoms with Crippen LogP contribution in [0.4, 0.5) is 0 Å². The Morgan fingerprint density at radius 1 is 1.53 bits per heavy atom. The zero-order chi connectivity index (χ0) is 12.1. The predicted molar refractivity (Wildman–Crippen MR) is 62.8 cm³/mol. The number of nitrogens with zero attached hydrogens (tertiary/aromatic N) is 3. The summed E-state index contributed by atoms with van der Waals surface area (Å²) >= 11 is 0. The molecule has 2 heterocycles.